The van der Waals surface area contributed by atoms with Crippen molar-refractivity contribution in [3.8, 4) is 11.3 Å². The summed E-state index contributed by atoms with van der Waals surface area (Å²) >= 11 is 0. The molecule has 0 amide bonds. The molecule has 15 heteroatoms. The van der Waals surface area contributed by atoms with Crippen LogP contribution in [0.4, 0.5) is 13.2 Å². The van der Waals surface area contributed by atoms with Crippen LogP contribution in [-0.2, 0) is 47.0 Å². The van der Waals surface area contributed by atoms with Crippen molar-refractivity contribution in [3.05, 3.63) is 71.2 Å². The van der Waals surface area contributed by atoms with Gasteiger partial charge in [0.15, 0.2) is 0 Å². The summed E-state index contributed by atoms with van der Waals surface area (Å²) in [4.78, 5) is 9.43. The van der Waals surface area contributed by atoms with Gasteiger partial charge in [0.05, 0.1) is 43.4 Å². The van der Waals surface area contributed by atoms with Gasteiger partial charge in [-0.1, -0.05) is 12.1 Å². The number of likely N-dealkylation sites (tertiary alicyclic amines) is 1. The first-order valence-electron chi connectivity index (χ1n) is 17.3. The van der Waals surface area contributed by atoms with Gasteiger partial charge in [0.1, 0.15) is 5.65 Å². The SMILES string of the molecule is CS(=O)(=O)N1CCc2c(c(-c3ccc(C(F)(F)F)cc3)nn2CC(O)CN2CCC(c3cn(CCN4CCOCC4)c4ncccc34)CC2)C1. The Morgan fingerprint density at radius 2 is 1.72 bits per heavy atom. The van der Waals surface area contributed by atoms with Crippen LogP contribution < -0.4 is 0 Å². The van der Waals surface area contributed by atoms with Gasteiger partial charge in [-0.15, -0.1) is 0 Å². The topological polar surface area (TPSA) is 109 Å². The summed E-state index contributed by atoms with van der Waals surface area (Å²) in [6.07, 6.45) is 2.39. The van der Waals surface area contributed by atoms with Gasteiger partial charge in [0, 0.05) is 86.8 Å². The second-order valence-corrected chi connectivity index (χ2v) is 15.7. The van der Waals surface area contributed by atoms with Crippen molar-refractivity contribution in [3.63, 3.8) is 0 Å². The molecule has 0 saturated carbocycles. The highest BCUT2D eigenvalue weighted by molar-refractivity contribution is 7.88. The number of piperidine rings is 1. The van der Waals surface area contributed by atoms with Gasteiger partial charge in [-0.2, -0.15) is 22.6 Å². The first-order valence-corrected chi connectivity index (χ1v) is 19.1. The number of aliphatic hydroxyl groups is 1. The van der Waals surface area contributed by atoms with Crippen LogP contribution in [-0.4, -0.2) is 118 Å². The van der Waals surface area contributed by atoms with Crippen molar-refractivity contribution in [1.82, 2.24) is 33.4 Å². The molecule has 11 nitrogen and oxygen atoms in total. The molecule has 3 aromatic heterocycles. The molecule has 1 atom stereocenters. The lowest BCUT2D eigenvalue weighted by atomic mass is 9.89. The van der Waals surface area contributed by atoms with E-state index in [1.165, 1.54) is 27.4 Å². The lowest BCUT2D eigenvalue weighted by Gasteiger charge is -2.33. The van der Waals surface area contributed by atoms with E-state index in [0.29, 0.717) is 35.7 Å². The van der Waals surface area contributed by atoms with Crippen LogP contribution in [0.3, 0.4) is 0 Å². The van der Waals surface area contributed by atoms with Gasteiger partial charge in [0.2, 0.25) is 10.0 Å². The Hall–Kier alpha value is -3.34. The zero-order chi connectivity index (χ0) is 35.0. The number of sulfonamides is 1. The second kappa shape index (κ2) is 14.4. The summed E-state index contributed by atoms with van der Waals surface area (Å²) in [6.45, 7) is 7.97. The van der Waals surface area contributed by atoms with E-state index < -0.39 is 27.9 Å². The zero-order valence-corrected chi connectivity index (χ0v) is 29.0. The van der Waals surface area contributed by atoms with Crippen LogP contribution >= 0.6 is 0 Å². The molecule has 2 saturated heterocycles. The highest BCUT2D eigenvalue weighted by atomic mass is 32.2. The number of alkyl halides is 3. The Morgan fingerprint density at radius 3 is 2.42 bits per heavy atom. The lowest BCUT2D eigenvalue weighted by molar-refractivity contribution is -0.137. The summed E-state index contributed by atoms with van der Waals surface area (Å²) in [5, 5.41) is 17.2. The molecule has 6 heterocycles. The third kappa shape index (κ3) is 7.63. The highest BCUT2D eigenvalue weighted by Crippen LogP contribution is 2.36. The average Bonchev–Trinajstić information content (AvgIpc) is 3.65. The molecule has 1 unspecified atom stereocenters. The molecule has 3 aliphatic rings. The van der Waals surface area contributed by atoms with Crippen molar-refractivity contribution in [2.45, 2.75) is 57.1 Å². The van der Waals surface area contributed by atoms with Gasteiger partial charge in [-0.05, 0) is 61.7 Å². The summed E-state index contributed by atoms with van der Waals surface area (Å²) in [5.41, 5.74) is 3.96. The van der Waals surface area contributed by atoms with Crippen LogP contribution in [0, 0.1) is 0 Å². The van der Waals surface area contributed by atoms with E-state index in [1.54, 1.807) is 4.68 Å². The summed E-state index contributed by atoms with van der Waals surface area (Å²) < 4.78 is 75.4. The molecule has 0 aliphatic carbocycles. The number of hydrogen-bond acceptors (Lipinski definition) is 8. The number of morpholine rings is 1. The molecule has 1 aromatic carbocycles. The van der Waals surface area contributed by atoms with Crippen LogP contribution in [0.25, 0.3) is 22.3 Å². The summed E-state index contributed by atoms with van der Waals surface area (Å²) in [5.74, 6) is 0.391. The molecular formula is C35H44F3N7O4S. The van der Waals surface area contributed by atoms with E-state index in [1.807, 2.05) is 12.3 Å². The minimum Gasteiger partial charge on any atom is -0.390 e. The molecule has 0 radical (unpaired) electrons. The molecule has 50 heavy (non-hydrogen) atoms. The van der Waals surface area contributed by atoms with Crippen LogP contribution in [0.1, 0.15) is 41.1 Å². The zero-order valence-electron chi connectivity index (χ0n) is 28.2. The Bertz CT molecular complexity index is 1900. The number of aliphatic hydroxyl groups excluding tert-OH is 1. The largest absolute Gasteiger partial charge is 0.416 e. The fraction of sp³-hybridized carbons (Fsp3) is 0.543. The van der Waals surface area contributed by atoms with Gasteiger partial charge in [0.25, 0.3) is 0 Å². The smallest absolute Gasteiger partial charge is 0.390 e. The predicted molar refractivity (Wildman–Crippen MR) is 183 cm³/mol. The number of benzene rings is 1. The van der Waals surface area contributed by atoms with Crippen molar-refractivity contribution >= 4 is 21.1 Å². The molecule has 0 bridgehead atoms. The molecular weight excluding hydrogens is 671 g/mol. The van der Waals surface area contributed by atoms with E-state index >= 15 is 0 Å². The molecule has 2 fully saturated rings. The monoisotopic (exact) mass is 715 g/mol. The quantitative estimate of drug-likeness (QED) is 0.264. The normalized spacial score (nSPS) is 19.6. The van der Waals surface area contributed by atoms with E-state index in [4.69, 9.17) is 14.8 Å². The van der Waals surface area contributed by atoms with E-state index in [9.17, 15) is 26.7 Å². The van der Waals surface area contributed by atoms with Gasteiger partial charge in [-0.3, -0.25) is 9.58 Å². The minimum atomic E-state index is -4.47. The van der Waals surface area contributed by atoms with Crippen molar-refractivity contribution in [2.75, 3.05) is 65.3 Å². The maximum atomic E-state index is 13.2. The maximum Gasteiger partial charge on any atom is 0.416 e. The predicted octanol–water partition coefficient (Wildman–Crippen LogP) is 3.81. The highest BCUT2D eigenvalue weighted by Gasteiger charge is 2.33. The minimum absolute atomic E-state index is 0.0767. The third-order valence-corrected chi connectivity index (χ3v) is 11.6. The number of rotatable bonds is 10. The average molecular weight is 716 g/mol. The number of nitrogens with zero attached hydrogens (tertiary/aromatic N) is 7. The van der Waals surface area contributed by atoms with Gasteiger partial charge in [-0.25, -0.2) is 13.4 Å². The van der Waals surface area contributed by atoms with E-state index in [0.717, 1.165) is 95.1 Å². The van der Waals surface area contributed by atoms with E-state index in [2.05, 4.69) is 26.6 Å². The van der Waals surface area contributed by atoms with Crippen molar-refractivity contribution in [2.24, 2.45) is 0 Å². The van der Waals surface area contributed by atoms with Gasteiger partial charge >= 0.3 is 6.18 Å². The summed E-state index contributed by atoms with van der Waals surface area (Å²) in [6, 6.07) is 8.92. The molecule has 0 spiro atoms. The Morgan fingerprint density at radius 1 is 0.980 bits per heavy atom. The third-order valence-electron chi connectivity index (χ3n) is 10.4. The fourth-order valence-corrected chi connectivity index (χ4v) is 8.44. The first-order chi connectivity index (χ1) is 23.9. The van der Waals surface area contributed by atoms with Crippen molar-refractivity contribution < 1.29 is 31.4 Å². The number of hydrogen-bond donors (Lipinski definition) is 1. The van der Waals surface area contributed by atoms with Crippen LogP contribution in [0.5, 0.6) is 0 Å². The molecule has 4 aromatic rings. The standard InChI is InChI=1S/C35H44F3N7O4S/c1-50(47,48)44-14-10-32-31(24-44)33(26-4-6-27(7-5-26)35(36,37)38)40-45(32)22-28(46)21-42-12-8-25(9-13-42)30-23-43(34-29(30)3-2-11-39-34)16-15-41-17-19-49-20-18-41/h2-7,11,23,25,28,46H,8-10,12-22,24H2,1H3. The number of aromatic nitrogens is 4. The molecule has 7 rings (SSSR count). The Kier molecular flexibility index (Phi) is 10.1. The number of ether oxygens (including phenoxy) is 1. The number of halogens is 3. The lowest BCUT2D eigenvalue weighted by Crippen LogP contribution is -2.40. The molecule has 1 N–H and O–H groups in total. The second-order valence-electron chi connectivity index (χ2n) is 13.7. The number of β-amino-alcohol motifs (C(OH)–C–C–N with tert-alkyl or cyclic N) is 1. The Labute approximate surface area is 290 Å². The van der Waals surface area contributed by atoms with Gasteiger partial charge < -0.3 is 19.3 Å². The maximum absolute atomic E-state index is 13.2. The van der Waals surface area contributed by atoms with Crippen LogP contribution in [0.2, 0.25) is 0 Å². The molecule has 3 aliphatic heterocycles. The van der Waals surface area contributed by atoms with E-state index in [-0.39, 0.29) is 19.6 Å². The Balaban J connectivity index is 1.02. The number of pyridine rings is 1. The number of fused-ring (bicyclic) bond motifs is 2. The fourth-order valence-electron chi connectivity index (χ4n) is 7.65. The van der Waals surface area contributed by atoms with Crippen molar-refractivity contribution in [1.29, 1.82) is 0 Å². The first kappa shape index (κ1) is 35.1. The summed E-state index contributed by atoms with van der Waals surface area (Å²) in [7, 11) is -3.49. The van der Waals surface area contributed by atoms with Crippen LogP contribution in [0.15, 0.2) is 48.8 Å². The molecule has 270 valence electrons.